The van der Waals surface area contributed by atoms with Crippen LogP contribution in [0.2, 0.25) is 0 Å². The Morgan fingerprint density at radius 2 is 1.24 bits per heavy atom. The summed E-state index contributed by atoms with van der Waals surface area (Å²) in [6.07, 6.45) is 16.8. The van der Waals surface area contributed by atoms with Gasteiger partial charge in [-0.05, 0) is 67.6 Å². The van der Waals surface area contributed by atoms with Crippen molar-refractivity contribution in [2.24, 2.45) is 35.5 Å². The van der Waals surface area contributed by atoms with Crippen molar-refractivity contribution < 1.29 is 0 Å². The molecule has 4 bridgehead atoms. The second kappa shape index (κ2) is 8.91. The molecule has 0 aliphatic heterocycles. The number of rotatable bonds is 3. The lowest BCUT2D eigenvalue weighted by molar-refractivity contribution is 0.438. The van der Waals surface area contributed by atoms with Crippen LogP contribution < -0.4 is 0 Å². The highest BCUT2D eigenvalue weighted by atomic mass is 79.9. The van der Waals surface area contributed by atoms with Crippen molar-refractivity contribution in [3.63, 3.8) is 0 Å². The van der Waals surface area contributed by atoms with Gasteiger partial charge in [-0.25, -0.2) is 0 Å². The molecule has 2 heteroatoms. The number of allylic oxidation sites excluding steroid dienone is 4. The second-order valence-electron chi connectivity index (χ2n) is 6.71. The van der Waals surface area contributed by atoms with Gasteiger partial charge in [0.1, 0.15) is 0 Å². The van der Waals surface area contributed by atoms with Crippen LogP contribution in [0.4, 0.5) is 0 Å². The van der Waals surface area contributed by atoms with E-state index in [2.05, 4.69) is 56.2 Å². The summed E-state index contributed by atoms with van der Waals surface area (Å²) < 4.78 is 0. The maximum atomic E-state index is 3.54. The lowest BCUT2D eigenvalue weighted by Gasteiger charge is -2.15. The van der Waals surface area contributed by atoms with Crippen LogP contribution >= 0.6 is 31.9 Å². The molecule has 122 valence electrons. The van der Waals surface area contributed by atoms with Crippen LogP contribution in [0, 0.1) is 35.5 Å². The first-order valence-corrected chi connectivity index (χ1v) is 10.0. The average Bonchev–Trinajstić information content (AvgIpc) is 3.19. The normalized spacial score (nSPS) is 40.5. The first-order valence-electron chi connectivity index (χ1n) is 7.78. The standard InChI is InChI=1S/C9H13Br.C8H11Br.2CH4/c10-4-3-9-6-7-1-2-8(9)5-7;9-5-8-4-6-1-2-7(8)3-6;;/h1-2,7-9H,3-6H2;1-2,6-8H,3-5H2;2*1H4. The molecule has 0 spiro atoms. The van der Waals surface area contributed by atoms with Gasteiger partial charge in [-0.3, -0.25) is 0 Å². The van der Waals surface area contributed by atoms with Crippen LogP contribution in [-0.4, -0.2) is 10.7 Å². The fourth-order valence-electron chi connectivity index (χ4n) is 4.44. The Kier molecular flexibility index (Phi) is 8.27. The van der Waals surface area contributed by atoms with E-state index in [0.717, 1.165) is 35.5 Å². The maximum absolute atomic E-state index is 3.54. The zero-order chi connectivity index (χ0) is 13.2. The van der Waals surface area contributed by atoms with Crippen molar-refractivity contribution in [2.75, 3.05) is 10.7 Å². The molecule has 4 aliphatic rings. The van der Waals surface area contributed by atoms with Gasteiger partial charge in [0.2, 0.25) is 0 Å². The Hall–Kier alpha value is 0.440. The Balaban J connectivity index is 0.000000192. The van der Waals surface area contributed by atoms with E-state index in [1.54, 1.807) is 0 Å². The van der Waals surface area contributed by atoms with Gasteiger partial charge in [0, 0.05) is 10.7 Å². The highest BCUT2D eigenvalue weighted by Gasteiger charge is 2.35. The van der Waals surface area contributed by atoms with Gasteiger partial charge in [0.25, 0.3) is 0 Å². The number of hydrogen-bond acceptors (Lipinski definition) is 0. The first-order chi connectivity index (χ1) is 9.30. The minimum Gasteiger partial charge on any atom is -0.0928 e. The number of fused-ring (bicyclic) bond motifs is 4. The minimum absolute atomic E-state index is 0. The fourth-order valence-corrected chi connectivity index (χ4v) is 5.77. The average molecular weight is 420 g/mol. The Labute approximate surface area is 149 Å². The fraction of sp³-hybridized carbons (Fsp3) is 0.789. The molecular formula is C19H32Br2. The molecule has 2 saturated carbocycles. The molecule has 21 heavy (non-hydrogen) atoms. The van der Waals surface area contributed by atoms with Crippen molar-refractivity contribution in [1.82, 2.24) is 0 Å². The lowest BCUT2D eigenvalue weighted by Crippen LogP contribution is -2.07. The van der Waals surface area contributed by atoms with E-state index in [-0.39, 0.29) is 14.9 Å². The summed E-state index contributed by atoms with van der Waals surface area (Å²) in [6, 6.07) is 0. The molecule has 6 atom stereocenters. The summed E-state index contributed by atoms with van der Waals surface area (Å²) in [5.41, 5.74) is 0. The van der Waals surface area contributed by atoms with Gasteiger partial charge in [0.05, 0.1) is 0 Å². The van der Waals surface area contributed by atoms with Crippen molar-refractivity contribution in [2.45, 2.75) is 47.0 Å². The molecule has 0 N–H and O–H groups in total. The predicted octanol–water partition coefficient (Wildman–Crippen LogP) is 6.85. The zero-order valence-electron chi connectivity index (χ0n) is 11.5. The summed E-state index contributed by atoms with van der Waals surface area (Å²) in [7, 11) is 0. The van der Waals surface area contributed by atoms with E-state index in [1.807, 2.05) is 0 Å². The van der Waals surface area contributed by atoms with E-state index in [9.17, 15) is 0 Å². The van der Waals surface area contributed by atoms with Crippen molar-refractivity contribution in [3.05, 3.63) is 24.3 Å². The Morgan fingerprint density at radius 1 is 0.714 bits per heavy atom. The maximum Gasteiger partial charge on any atom is 0.00655 e. The number of halogens is 2. The molecule has 0 nitrogen and oxygen atoms in total. The van der Waals surface area contributed by atoms with Crippen LogP contribution in [-0.2, 0) is 0 Å². The van der Waals surface area contributed by atoms with Crippen molar-refractivity contribution in [3.8, 4) is 0 Å². The molecule has 6 unspecified atom stereocenters. The zero-order valence-corrected chi connectivity index (χ0v) is 14.7. The topological polar surface area (TPSA) is 0 Å². The van der Waals surface area contributed by atoms with Crippen LogP contribution in [0.5, 0.6) is 0 Å². The summed E-state index contributed by atoms with van der Waals surface area (Å²) in [4.78, 5) is 0. The van der Waals surface area contributed by atoms with Crippen LogP contribution in [0.25, 0.3) is 0 Å². The highest BCUT2D eigenvalue weighted by Crippen LogP contribution is 2.45. The molecule has 2 fully saturated rings. The quantitative estimate of drug-likeness (QED) is 0.346. The third-order valence-electron chi connectivity index (χ3n) is 5.51. The molecule has 0 aromatic carbocycles. The van der Waals surface area contributed by atoms with E-state index < -0.39 is 0 Å². The summed E-state index contributed by atoms with van der Waals surface area (Å²) in [5.74, 6) is 5.73. The van der Waals surface area contributed by atoms with Gasteiger partial charge < -0.3 is 0 Å². The molecule has 0 amide bonds. The molecular weight excluding hydrogens is 388 g/mol. The predicted molar refractivity (Wildman–Crippen MR) is 103 cm³/mol. The van der Waals surface area contributed by atoms with E-state index in [1.165, 1.54) is 42.8 Å². The van der Waals surface area contributed by atoms with Crippen LogP contribution in [0.1, 0.15) is 47.0 Å². The SMILES string of the molecule is BrCC1CC2C=CC1C2.BrCCC1CC2C=CC1C2.C.C. The largest absolute Gasteiger partial charge is 0.0928 e. The lowest BCUT2D eigenvalue weighted by atomic mass is 9.91. The van der Waals surface area contributed by atoms with E-state index in [0.29, 0.717) is 0 Å². The van der Waals surface area contributed by atoms with Crippen LogP contribution in [0.3, 0.4) is 0 Å². The van der Waals surface area contributed by atoms with E-state index >= 15 is 0 Å². The number of alkyl halides is 2. The van der Waals surface area contributed by atoms with Gasteiger partial charge in [-0.2, -0.15) is 0 Å². The van der Waals surface area contributed by atoms with Gasteiger partial charge in [0.15, 0.2) is 0 Å². The Morgan fingerprint density at radius 3 is 1.52 bits per heavy atom. The molecule has 0 aromatic heterocycles. The van der Waals surface area contributed by atoms with Gasteiger partial charge >= 0.3 is 0 Å². The second-order valence-corrected chi connectivity index (χ2v) is 8.15. The summed E-state index contributed by atoms with van der Waals surface area (Å²) in [5, 5.41) is 2.40. The highest BCUT2D eigenvalue weighted by molar-refractivity contribution is 9.09. The number of hydrogen-bond donors (Lipinski definition) is 0. The molecule has 4 aliphatic carbocycles. The first kappa shape index (κ1) is 19.5. The molecule has 0 saturated heterocycles. The third kappa shape index (κ3) is 4.47. The van der Waals surface area contributed by atoms with Crippen LogP contribution in [0.15, 0.2) is 24.3 Å². The third-order valence-corrected chi connectivity index (χ3v) is 6.80. The Bertz CT molecular complexity index is 361. The summed E-state index contributed by atoms with van der Waals surface area (Å²) in [6.45, 7) is 0. The summed E-state index contributed by atoms with van der Waals surface area (Å²) >= 11 is 7.05. The monoisotopic (exact) mass is 418 g/mol. The molecule has 0 aromatic rings. The molecule has 0 heterocycles. The minimum atomic E-state index is 0. The molecule has 4 rings (SSSR count). The smallest absolute Gasteiger partial charge is 0.00655 e. The van der Waals surface area contributed by atoms with Crippen molar-refractivity contribution in [1.29, 1.82) is 0 Å². The van der Waals surface area contributed by atoms with Crippen molar-refractivity contribution >= 4 is 31.9 Å². The molecule has 0 radical (unpaired) electrons. The van der Waals surface area contributed by atoms with Gasteiger partial charge in [-0.15, -0.1) is 0 Å². The van der Waals surface area contributed by atoms with Gasteiger partial charge in [-0.1, -0.05) is 71.0 Å². The van der Waals surface area contributed by atoms with E-state index in [4.69, 9.17) is 0 Å².